The standard InChI is InChI=1S/C11H10N2O5/c1-3-4-18-10-6-8(13(15)16)7(11(12)14)5-9(10)17-2/h1,5-6H,4H2,2H3,(H2,12,14). The molecule has 2 N–H and O–H groups in total. The molecule has 94 valence electrons. The number of nitrogens with zero attached hydrogens (tertiary/aromatic N) is 1. The fraction of sp³-hybridized carbons (Fsp3) is 0.182. The van der Waals surface area contributed by atoms with Crippen molar-refractivity contribution in [1.82, 2.24) is 0 Å². The van der Waals surface area contributed by atoms with Crippen LogP contribution in [-0.2, 0) is 0 Å². The highest BCUT2D eigenvalue weighted by molar-refractivity contribution is 5.97. The van der Waals surface area contributed by atoms with E-state index in [0.717, 1.165) is 12.1 Å². The third-order valence-electron chi connectivity index (χ3n) is 2.06. The van der Waals surface area contributed by atoms with E-state index in [1.165, 1.54) is 7.11 Å². The Morgan fingerprint density at radius 3 is 2.67 bits per heavy atom. The van der Waals surface area contributed by atoms with Crippen LogP contribution in [0.1, 0.15) is 10.4 Å². The number of nitrogens with two attached hydrogens (primary N) is 1. The molecule has 0 saturated carbocycles. The normalized spacial score (nSPS) is 9.33. The smallest absolute Gasteiger partial charge is 0.286 e. The van der Waals surface area contributed by atoms with E-state index in [2.05, 4.69) is 5.92 Å². The first-order chi connectivity index (χ1) is 8.51. The molecule has 1 aromatic rings. The third kappa shape index (κ3) is 2.68. The summed E-state index contributed by atoms with van der Waals surface area (Å²) in [6, 6.07) is 2.20. The van der Waals surface area contributed by atoms with Gasteiger partial charge in [-0.2, -0.15) is 0 Å². The van der Waals surface area contributed by atoms with E-state index < -0.39 is 16.5 Å². The maximum absolute atomic E-state index is 11.1. The van der Waals surface area contributed by atoms with E-state index >= 15 is 0 Å². The summed E-state index contributed by atoms with van der Waals surface area (Å²) in [5.74, 6) is 1.51. The molecule has 0 spiro atoms. The number of benzene rings is 1. The SMILES string of the molecule is C#CCOc1cc([N+](=O)[O-])c(C(N)=O)cc1OC. The third-order valence-corrected chi connectivity index (χ3v) is 2.06. The fourth-order valence-corrected chi connectivity index (χ4v) is 1.29. The van der Waals surface area contributed by atoms with E-state index in [9.17, 15) is 14.9 Å². The summed E-state index contributed by atoms with van der Waals surface area (Å²) in [6.07, 6.45) is 5.02. The fourth-order valence-electron chi connectivity index (χ4n) is 1.29. The van der Waals surface area contributed by atoms with Crippen LogP contribution in [0, 0.1) is 22.5 Å². The van der Waals surface area contributed by atoms with E-state index in [4.69, 9.17) is 21.6 Å². The molecule has 0 radical (unpaired) electrons. The predicted octanol–water partition coefficient (Wildman–Crippen LogP) is 0.714. The number of amides is 1. The van der Waals surface area contributed by atoms with Crippen molar-refractivity contribution in [2.24, 2.45) is 5.73 Å². The van der Waals surface area contributed by atoms with Crippen molar-refractivity contribution in [1.29, 1.82) is 0 Å². The molecule has 18 heavy (non-hydrogen) atoms. The molecular weight excluding hydrogens is 240 g/mol. The molecule has 1 amide bonds. The van der Waals surface area contributed by atoms with Crippen LogP contribution in [0.2, 0.25) is 0 Å². The van der Waals surface area contributed by atoms with Gasteiger partial charge in [0.2, 0.25) is 0 Å². The first kappa shape index (κ1) is 13.3. The van der Waals surface area contributed by atoms with Crippen molar-refractivity contribution < 1.29 is 19.2 Å². The largest absolute Gasteiger partial charge is 0.493 e. The molecule has 0 aliphatic heterocycles. The van der Waals surface area contributed by atoms with Crippen molar-refractivity contribution in [2.75, 3.05) is 13.7 Å². The quantitative estimate of drug-likeness (QED) is 0.470. The van der Waals surface area contributed by atoms with Gasteiger partial charge in [0, 0.05) is 6.07 Å². The topological polar surface area (TPSA) is 105 Å². The van der Waals surface area contributed by atoms with Crippen molar-refractivity contribution >= 4 is 11.6 Å². The molecule has 7 nitrogen and oxygen atoms in total. The summed E-state index contributed by atoms with van der Waals surface area (Å²) in [6.45, 7) is -0.0799. The number of carbonyl (C=O) groups excluding carboxylic acids is 1. The molecule has 0 atom stereocenters. The number of ether oxygens (including phenoxy) is 2. The van der Waals surface area contributed by atoms with Crippen LogP contribution in [0.15, 0.2) is 12.1 Å². The van der Waals surface area contributed by atoms with Gasteiger partial charge in [0.1, 0.15) is 12.2 Å². The van der Waals surface area contributed by atoms with Crippen molar-refractivity contribution in [3.8, 4) is 23.8 Å². The highest BCUT2D eigenvalue weighted by Crippen LogP contribution is 2.34. The highest BCUT2D eigenvalue weighted by Gasteiger charge is 2.23. The minimum Gasteiger partial charge on any atom is -0.493 e. The van der Waals surface area contributed by atoms with Gasteiger partial charge in [-0.15, -0.1) is 6.42 Å². The lowest BCUT2D eigenvalue weighted by Gasteiger charge is -2.10. The zero-order valence-electron chi connectivity index (χ0n) is 9.50. The van der Waals surface area contributed by atoms with Gasteiger partial charge in [-0.3, -0.25) is 14.9 Å². The van der Waals surface area contributed by atoms with Crippen LogP contribution in [0.3, 0.4) is 0 Å². The average molecular weight is 250 g/mol. The second-order valence-corrected chi connectivity index (χ2v) is 3.13. The number of methoxy groups -OCH3 is 1. The molecule has 0 aliphatic rings. The average Bonchev–Trinajstić information content (AvgIpc) is 2.34. The second-order valence-electron chi connectivity index (χ2n) is 3.13. The summed E-state index contributed by atoms with van der Waals surface area (Å²) in [4.78, 5) is 21.2. The van der Waals surface area contributed by atoms with Gasteiger partial charge >= 0.3 is 0 Å². The molecule has 7 heteroatoms. The number of rotatable bonds is 5. The zero-order valence-corrected chi connectivity index (χ0v) is 9.50. The molecule has 0 saturated heterocycles. The van der Waals surface area contributed by atoms with Crippen LogP contribution in [0.4, 0.5) is 5.69 Å². The molecule has 0 bridgehead atoms. The predicted molar refractivity (Wildman–Crippen MR) is 62.5 cm³/mol. The highest BCUT2D eigenvalue weighted by atomic mass is 16.6. The lowest BCUT2D eigenvalue weighted by Crippen LogP contribution is -2.14. The Bertz CT molecular complexity index is 533. The Kier molecular flexibility index (Phi) is 4.10. The van der Waals surface area contributed by atoms with Crippen LogP contribution < -0.4 is 15.2 Å². The van der Waals surface area contributed by atoms with Crippen LogP contribution >= 0.6 is 0 Å². The molecule has 1 rings (SSSR count). The van der Waals surface area contributed by atoms with E-state index in [-0.39, 0.29) is 23.7 Å². The Hall–Kier alpha value is -2.75. The minimum atomic E-state index is -0.927. The zero-order chi connectivity index (χ0) is 13.7. The second kappa shape index (κ2) is 5.54. The Morgan fingerprint density at radius 2 is 2.22 bits per heavy atom. The van der Waals surface area contributed by atoms with Gasteiger partial charge in [0.15, 0.2) is 11.5 Å². The monoisotopic (exact) mass is 250 g/mol. The first-order valence-corrected chi connectivity index (χ1v) is 4.73. The summed E-state index contributed by atoms with van der Waals surface area (Å²) in [5.41, 5.74) is 4.33. The van der Waals surface area contributed by atoms with E-state index in [1.54, 1.807) is 0 Å². The minimum absolute atomic E-state index is 0.0761. The summed E-state index contributed by atoms with van der Waals surface area (Å²) in [7, 11) is 1.33. The molecule has 0 aliphatic carbocycles. The van der Waals surface area contributed by atoms with Gasteiger partial charge < -0.3 is 15.2 Å². The molecule has 0 unspecified atom stereocenters. The summed E-state index contributed by atoms with van der Waals surface area (Å²) < 4.78 is 10.0. The maximum atomic E-state index is 11.1. The van der Waals surface area contributed by atoms with Gasteiger partial charge in [-0.05, 0) is 0 Å². The maximum Gasteiger partial charge on any atom is 0.286 e. The van der Waals surface area contributed by atoms with Crippen LogP contribution in [0.25, 0.3) is 0 Å². The number of hydrogen-bond donors (Lipinski definition) is 1. The number of primary amides is 1. The summed E-state index contributed by atoms with van der Waals surface area (Å²) in [5, 5.41) is 10.8. The summed E-state index contributed by atoms with van der Waals surface area (Å²) >= 11 is 0. The number of carbonyl (C=O) groups is 1. The van der Waals surface area contributed by atoms with E-state index in [1.807, 2.05) is 0 Å². The molecule has 0 heterocycles. The molecule has 1 aromatic carbocycles. The van der Waals surface area contributed by atoms with Gasteiger partial charge in [-0.1, -0.05) is 5.92 Å². The van der Waals surface area contributed by atoms with Crippen molar-refractivity contribution in [2.45, 2.75) is 0 Å². The van der Waals surface area contributed by atoms with Gasteiger partial charge in [0.05, 0.1) is 18.1 Å². The molecule has 0 aromatic heterocycles. The number of hydrogen-bond acceptors (Lipinski definition) is 5. The van der Waals surface area contributed by atoms with Crippen molar-refractivity contribution in [3.63, 3.8) is 0 Å². The lowest BCUT2D eigenvalue weighted by molar-refractivity contribution is -0.385. The number of nitro groups is 1. The Morgan fingerprint density at radius 1 is 1.56 bits per heavy atom. The first-order valence-electron chi connectivity index (χ1n) is 4.73. The van der Waals surface area contributed by atoms with Gasteiger partial charge in [-0.25, -0.2) is 0 Å². The van der Waals surface area contributed by atoms with E-state index in [0.29, 0.717) is 0 Å². The molecule has 0 fully saturated rings. The number of terminal acetylenes is 1. The number of nitro benzene ring substituents is 1. The lowest BCUT2D eigenvalue weighted by atomic mass is 10.1. The van der Waals surface area contributed by atoms with Crippen LogP contribution in [-0.4, -0.2) is 24.5 Å². The van der Waals surface area contributed by atoms with Crippen molar-refractivity contribution in [3.05, 3.63) is 27.8 Å². The molecular formula is C11H10N2O5. The van der Waals surface area contributed by atoms with Gasteiger partial charge in [0.25, 0.3) is 11.6 Å². The van der Waals surface area contributed by atoms with Crippen LogP contribution in [0.5, 0.6) is 11.5 Å². The Labute approximate surface area is 103 Å². The Balaban J connectivity index is 3.37.